The Hall–Kier alpha value is -4.32. The van der Waals surface area contributed by atoms with Crippen molar-refractivity contribution in [3.05, 3.63) is 90.0 Å². The Balaban J connectivity index is 1.62. The summed E-state index contributed by atoms with van der Waals surface area (Å²) in [5.74, 6) is -0.531. The normalized spacial score (nSPS) is 11.6. The summed E-state index contributed by atoms with van der Waals surface area (Å²) in [5.41, 5.74) is 4.83. The third-order valence-corrected chi connectivity index (χ3v) is 5.56. The summed E-state index contributed by atoms with van der Waals surface area (Å²) >= 11 is 0. The maximum absolute atomic E-state index is 13.2. The number of aromatic nitrogens is 2. The van der Waals surface area contributed by atoms with E-state index in [0.29, 0.717) is 22.2 Å². The summed E-state index contributed by atoms with van der Waals surface area (Å²) in [6.45, 7) is 1.96. The van der Waals surface area contributed by atoms with Crippen molar-refractivity contribution >= 4 is 33.4 Å². The summed E-state index contributed by atoms with van der Waals surface area (Å²) in [6, 6.07) is 24.7. The second-order valence-corrected chi connectivity index (χ2v) is 7.70. The lowest BCUT2D eigenvalue weighted by atomic mass is 10.0. The first kappa shape index (κ1) is 19.6. The molecule has 1 amide bonds. The van der Waals surface area contributed by atoms with E-state index in [4.69, 9.17) is 4.98 Å². The van der Waals surface area contributed by atoms with Gasteiger partial charge in [0.05, 0.1) is 22.3 Å². The lowest BCUT2D eigenvalue weighted by molar-refractivity contribution is 0.0996. The van der Waals surface area contributed by atoms with E-state index >= 15 is 0 Å². The minimum absolute atomic E-state index is 0.0355. The van der Waals surface area contributed by atoms with Crippen LogP contribution in [0.5, 0.6) is 5.88 Å². The van der Waals surface area contributed by atoms with E-state index < -0.39 is 5.91 Å². The number of rotatable bonds is 3. The van der Waals surface area contributed by atoms with Crippen molar-refractivity contribution in [3.63, 3.8) is 0 Å². The quantitative estimate of drug-likeness (QED) is 0.346. The maximum atomic E-state index is 13.2. The van der Waals surface area contributed by atoms with E-state index in [2.05, 4.69) is 10.2 Å². The van der Waals surface area contributed by atoms with Crippen molar-refractivity contribution in [1.82, 2.24) is 9.55 Å². The number of aryl methyl sites for hydroxylation is 2. The first-order chi connectivity index (χ1) is 15.5. The van der Waals surface area contributed by atoms with E-state index in [1.165, 1.54) is 0 Å². The van der Waals surface area contributed by atoms with Gasteiger partial charge in [-0.25, -0.2) is 4.98 Å². The van der Waals surface area contributed by atoms with E-state index in [-0.39, 0.29) is 11.6 Å². The van der Waals surface area contributed by atoms with Gasteiger partial charge in [-0.2, -0.15) is 0 Å². The van der Waals surface area contributed by atoms with Gasteiger partial charge >= 0.3 is 0 Å². The Morgan fingerprint density at radius 2 is 1.69 bits per heavy atom. The van der Waals surface area contributed by atoms with E-state index in [1.54, 1.807) is 17.7 Å². The molecule has 3 aromatic carbocycles. The number of para-hydroxylation sites is 1. The number of aromatic hydroxyl groups is 1. The molecule has 0 saturated carbocycles. The minimum Gasteiger partial charge on any atom is -0.493 e. The average molecular weight is 420 g/mol. The fourth-order valence-corrected chi connectivity index (χ4v) is 3.88. The van der Waals surface area contributed by atoms with Gasteiger partial charge in [-0.15, -0.1) is 10.2 Å². The molecule has 0 aliphatic rings. The molecule has 6 heteroatoms. The molecule has 0 saturated heterocycles. The number of fused-ring (bicyclic) bond motifs is 2. The summed E-state index contributed by atoms with van der Waals surface area (Å²) in [4.78, 5) is 17.9. The molecule has 0 aliphatic heterocycles. The Kier molecular flexibility index (Phi) is 4.75. The highest BCUT2D eigenvalue weighted by atomic mass is 16.3. The molecular weight excluding hydrogens is 400 g/mol. The largest absolute Gasteiger partial charge is 0.493 e. The summed E-state index contributed by atoms with van der Waals surface area (Å²) in [6.07, 6.45) is 0. The summed E-state index contributed by atoms with van der Waals surface area (Å²) in [5, 5.41) is 20.1. The van der Waals surface area contributed by atoms with E-state index in [1.807, 2.05) is 79.7 Å². The number of benzene rings is 3. The van der Waals surface area contributed by atoms with Crippen molar-refractivity contribution in [1.29, 1.82) is 0 Å². The molecule has 2 heterocycles. The zero-order valence-corrected chi connectivity index (χ0v) is 17.6. The van der Waals surface area contributed by atoms with Gasteiger partial charge in [-0.3, -0.25) is 4.79 Å². The fourth-order valence-electron chi connectivity index (χ4n) is 3.88. The predicted octanol–water partition coefficient (Wildman–Crippen LogP) is 6.33. The van der Waals surface area contributed by atoms with Crippen LogP contribution in [0.4, 0.5) is 5.69 Å². The number of pyridine rings is 1. The van der Waals surface area contributed by atoms with Crippen LogP contribution in [0.2, 0.25) is 0 Å². The first-order valence-electron chi connectivity index (χ1n) is 10.2. The van der Waals surface area contributed by atoms with Gasteiger partial charge in [-0.05, 0) is 31.2 Å². The smallest absolute Gasteiger partial charge is 0.296 e. The van der Waals surface area contributed by atoms with E-state index in [9.17, 15) is 9.90 Å². The fraction of sp³-hybridized carbons (Fsp3) is 0.0769. The monoisotopic (exact) mass is 420 g/mol. The Morgan fingerprint density at radius 3 is 2.50 bits per heavy atom. The third kappa shape index (κ3) is 3.32. The van der Waals surface area contributed by atoms with Crippen LogP contribution in [-0.2, 0) is 7.05 Å². The van der Waals surface area contributed by atoms with Gasteiger partial charge in [0.25, 0.3) is 5.91 Å². The number of azo groups is 1. The molecule has 0 spiro atoms. The summed E-state index contributed by atoms with van der Waals surface area (Å²) in [7, 11) is 1.75. The Labute approximate surface area is 184 Å². The summed E-state index contributed by atoms with van der Waals surface area (Å²) < 4.78 is 1.63. The molecule has 32 heavy (non-hydrogen) atoms. The lowest BCUT2D eigenvalue weighted by Gasteiger charge is -2.07. The number of hydrogen-bond acceptors (Lipinski definition) is 4. The van der Waals surface area contributed by atoms with Crippen LogP contribution < -0.4 is 0 Å². The zero-order chi connectivity index (χ0) is 22.2. The van der Waals surface area contributed by atoms with Gasteiger partial charge in [0, 0.05) is 23.4 Å². The molecule has 6 nitrogen and oxygen atoms in total. The number of carbonyl (C=O) groups excluding carboxylic acids is 1. The molecular formula is C26H20N4O2. The molecule has 2 aromatic heterocycles. The minimum atomic E-state index is -0.496. The molecule has 0 radical (unpaired) electrons. The number of carbonyl (C=O) groups is 1. The molecule has 0 unspecified atom stereocenters. The maximum Gasteiger partial charge on any atom is 0.296 e. The third-order valence-electron chi connectivity index (χ3n) is 5.56. The van der Waals surface area contributed by atoms with Gasteiger partial charge in [0.2, 0.25) is 5.88 Å². The highest BCUT2D eigenvalue weighted by Crippen LogP contribution is 2.38. The molecule has 0 bridgehead atoms. The van der Waals surface area contributed by atoms with Gasteiger partial charge in [-0.1, -0.05) is 60.2 Å². The molecule has 0 fully saturated rings. The highest BCUT2D eigenvalue weighted by Gasteiger charge is 2.17. The van der Waals surface area contributed by atoms with Crippen molar-refractivity contribution in [2.24, 2.45) is 17.3 Å². The average Bonchev–Trinajstić information content (AvgIpc) is 3.06. The number of hydrogen-bond donors (Lipinski definition) is 1. The molecule has 0 aliphatic carbocycles. The van der Waals surface area contributed by atoms with Crippen LogP contribution in [0.3, 0.4) is 0 Å². The van der Waals surface area contributed by atoms with Crippen LogP contribution in [0.15, 0.2) is 89.1 Å². The van der Waals surface area contributed by atoms with Gasteiger partial charge in [0.1, 0.15) is 0 Å². The second kappa shape index (κ2) is 7.74. The molecule has 5 aromatic rings. The van der Waals surface area contributed by atoms with Crippen LogP contribution in [0.25, 0.3) is 33.1 Å². The lowest BCUT2D eigenvalue weighted by Crippen LogP contribution is -1.98. The van der Waals surface area contributed by atoms with Crippen molar-refractivity contribution < 1.29 is 9.90 Å². The second-order valence-electron chi connectivity index (χ2n) is 7.70. The molecule has 0 atom stereocenters. The van der Waals surface area contributed by atoms with Crippen molar-refractivity contribution in [3.8, 4) is 17.1 Å². The molecule has 156 valence electrons. The molecule has 5 rings (SSSR count). The van der Waals surface area contributed by atoms with Gasteiger partial charge < -0.3 is 9.67 Å². The zero-order valence-electron chi connectivity index (χ0n) is 17.6. The van der Waals surface area contributed by atoms with Crippen molar-refractivity contribution in [2.75, 3.05) is 0 Å². The SMILES string of the molecule is Cc1ccc2c(c1)c(N=NC(=O)c1cc(-c3ccccc3)nc3ccccc13)c(O)n2C. The van der Waals surface area contributed by atoms with Crippen molar-refractivity contribution in [2.45, 2.75) is 6.92 Å². The highest BCUT2D eigenvalue weighted by molar-refractivity contribution is 6.07. The Morgan fingerprint density at radius 1 is 0.938 bits per heavy atom. The standard InChI is InChI=1S/C26H20N4O2/c1-16-12-13-23-20(14-16)24(26(32)30(23)2)28-29-25(31)19-15-22(17-8-4-3-5-9-17)27-21-11-7-6-10-18(19)21/h3-15,32H,1-2H3. The van der Waals surface area contributed by atoms with Crippen LogP contribution >= 0.6 is 0 Å². The first-order valence-corrected chi connectivity index (χ1v) is 10.2. The van der Waals surface area contributed by atoms with Crippen LogP contribution in [0, 0.1) is 6.92 Å². The van der Waals surface area contributed by atoms with Crippen LogP contribution in [-0.4, -0.2) is 20.6 Å². The van der Waals surface area contributed by atoms with E-state index in [0.717, 1.165) is 22.0 Å². The van der Waals surface area contributed by atoms with Crippen LogP contribution in [0.1, 0.15) is 15.9 Å². The predicted molar refractivity (Wildman–Crippen MR) is 125 cm³/mol. The number of amides is 1. The molecule has 1 N–H and O–H groups in total. The van der Waals surface area contributed by atoms with Gasteiger partial charge in [0.15, 0.2) is 5.69 Å². The Bertz CT molecular complexity index is 1520. The number of nitrogens with zero attached hydrogens (tertiary/aromatic N) is 4. The topological polar surface area (TPSA) is 79.8 Å².